The Morgan fingerprint density at radius 2 is 1.91 bits per heavy atom. The first-order valence-electron chi connectivity index (χ1n) is 11.7. The molecule has 0 bridgehead atoms. The molecule has 1 unspecified atom stereocenters. The zero-order valence-corrected chi connectivity index (χ0v) is 20.0. The van der Waals surface area contributed by atoms with Crippen molar-refractivity contribution >= 4 is 16.9 Å². The predicted molar refractivity (Wildman–Crippen MR) is 130 cm³/mol. The first-order valence-corrected chi connectivity index (χ1v) is 11.7. The van der Waals surface area contributed by atoms with E-state index in [2.05, 4.69) is 11.1 Å². The molecule has 0 aliphatic heterocycles. The molecule has 2 heterocycles. The van der Waals surface area contributed by atoms with Crippen LogP contribution in [0, 0.1) is 17.2 Å². The minimum Gasteiger partial charge on any atom is -0.332 e. The lowest BCUT2D eigenvalue weighted by Crippen LogP contribution is -2.37. The molecule has 1 saturated carbocycles. The number of benzene rings is 1. The summed E-state index contributed by atoms with van der Waals surface area (Å²) >= 11 is 0. The molecule has 176 valence electrons. The van der Waals surface area contributed by atoms with Gasteiger partial charge >= 0.3 is 5.69 Å². The average Bonchev–Trinajstić information content (AvgIpc) is 3.66. The minimum atomic E-state index is -0.597. The van der Waals surface area contributed by atoms with Gasteiger partial charge in [-0.3, -0.25) is 19.1 Å². The van der Waals surface area contributed by atoms with Crippen LogP contribution in [0.3, 0.4) is 0 Å². The number of nitriles is 1. The van der Waals surface area contributed by atoms with E-state index in [1.165, 1.54) is 4.57 Å². The molecular formula is C26H29N5O3. The van der Waals surface area contributed by atoms with Gasteiger partial charge in [0, 0.05) is 24.7 Å². The quantitative estimate of drug-likeness (QED) is 0.579. The first kappa shape index (κ1) is 23.4. The molecule has 0 spiro atoms. The van der Waals surface area contributed by atoms with Gasteiger partial charge in [0.05, 0.1) is 28.6 Å². The van der Waals surface area contributed by atoms with E-state index in [1.807, 2.05) is 39.8 Å². The zero-order chi connectivity index (χ0) is 24.6. The van der Waals surface area contributed by atoms with Gasteiger partial charge < -0.3 is 4.90 Å². The van der Waals surface area contributed by atoms with E-state index in [9.17, 15) is 14.4 Å². The maximum Gasteiger partial charge on any atom is 0.330 e. The number of hydrogen-bond acceptors (Lipinski definition) is 5. The normalized spacial score (nSPS) is 14.2. The van der Waals surface area contributed by atoms with Gasteiger partial charge in [0.2, 0.25) is 0 Å². The molecule has 1 aliphatic carbocycles. The van der Waals surface area contributed by atoms with Crippen molar-refractivity contribution in [3.8, 4) is 6.07 Å². The monoisotopic (exact) mass is 459 g/mol. The molecular weight excluding hydrogens is 430 g/mol. The summed E-state index contributed by atoms with van der Waals surface area (Å²) in [5, 5.41) is 9.23. The van der Waals surface area contributed by atoms with Crippen molar-refractivity contribution in [3.63, 3.8) is 0 Å². The highest BCUT2D eigenvalue weighted by atomic mass is 16.2. The van der Waals surface area contributed by atoms with E-state index in [0.29, 0.717) is 18.7 Å². The van der Waals surface area contributed by atoms with Crippen LogP contribution in [0.5, 0.6) is 0 Å². The Morgan fingerprint density at radius 1 is 1.24 bits per heavy atom. The molecule has 3 aromatic rings. The molecule has 1 atom stereocenters. The Balaban J connectivity index is 1.87. The van der Waals surface area contributed by atoms with Crippen LogP contribution < -0.4 is 11.2 Å². The molecule has 1 aromatic carbocycles. The predicted octanol–water partition coefficient (Wildman–Crippen LogP) is 3.71. The van der Waals surface area contributed by atoms with Crippen molar-refractivity contribution in [2.45, 2.75) is 59.0 Å². The number of amides is 1. The number of aromatic nitrogens is 3. The molecule has 1 amide bonds. The highest BCUT2D eigenvalue weighted by Crippen LogP contribution is 2.40. The van der Waals surface area contributed by atoms with Gasteiger partial charge in [0.25, 0.3) is 11.5 Å². The third kappa shape index (κ3) is 4.38. The average molecular weight is 460 g/mol. The fourth-order valence-corrected chi connectivity index (χ4v) is 4.35. The molecule has 1 fully saturated rings. The number of H-pyrrole nitrogens is 1. The lowest BCUT2D eigenvalue weighted by Gasteiger charge is -2.29. The van der Waals surface area contributed by atoms with Crippen LogP contribution in [-0.2, 0) is 6.54 Å². The third-order valence-corrected chi connectivity index (χ3v) is 6.33. The van der Waals surface area contributed by atoms with E-state index in [0.717, 1.165) is 24.1 Å². The molecule has 2 aromatic heterocycles. The standard InChI is InChI=1S/C26H29N5O3/c1-5-30(16(4)18-8-6-17(13-27)7-9-18)25(33)20-12-21(19-10-11-19)28-23-22(20)24(32)29-26(34)31(23)14-15(2)3/h6-9,12,15-16,19H,5,10-11,14H2,1-4H3,(H,29,32,34). The third-order valence-electron chi connectivity index (χ3n) is 6.33. The number of hydrogen-bond donors (Lipinski definition) is 1. The molecule has 4 rings (SSSR count). The summed E-state index contributed by atoms with van der Waals surface area (Å²) in [6, 6.07) is 10.7. The van der Waals surface area contributed by atoms with Crippen LogP contribution in [0.25, 0.3) is 11.0 Å². The summed E-state index contributed by atoms with van der Waals surface area (Å²) in [6.45, 7) is 8.59. The maximum absolute atomic E-state index is 13.9. The Bertz CT molecular complexity index is 1390. The van der Waals surface area contributed by atoms with Crippen LogP contribution in [-0.4, -0.2) is 31.9 Å². The lowest BCUT2D eigenvalue weighted by atomic mass is 10.0. The van der Waals surface area contributed by atoms with E-state index in [4.69, 9.17) is 10.2 Å². The van der Waals surface area contributed by atoms with E-state index >= 15 is 0 Å². The number of pyridine rings is 1. The molecule has 34 heavy (non-hydrogen) atoms. The number of nitrogens with zero attached hydrogens (tertiary/aromatic N) is 4. The Morgan fingerprint density at radius 3 is 2.47 bits per heavy atom. The summed E-state index contributed by atoms with van der Waals surface area (Å²) in [7, 11) is 0. The van der Waals surface area contributed by atoms with Crippen molar-refractivity contribution < 1.29 is 4.79 Å². The van der Waals surface area contributed by atoms with Gasteiger partial charge in [-0.15, -0.1) is 0 Å². The number of rotatable bonds is 7. The number of nitrogens with one attached hydrogen (secondary N) is 1. The van der Waals surface area contributed by atoms with E-state index in [-0.39, 0.29) is 40.4 Å². The van der Waals surface area contributed by atoms with Gasteiger partial charge in [-0.2, -0.15) is 5.26 Å². The summed E-state index contributed by atoms with van der Waals surface area (Å²) in [5.41, 5.74) is 1.63. The summed E-state index contributed by atoms with van der Waals surface area (Å²) < 4.78 is 1.48. The SMILES string of the molecule is CCN(C(=O)c1cc(C2CC2)nc2c1c(=O)[nH]c(=O)n2CC(C)C)C(C)c1ccc(C#N)cc1. The lowest BCUT2D eigenvalue weighted by molar-refractivity contribution is 0.0704. The van der Waals surface area contributed by atoms with Crippen LogP contribution in [0.15, 0.2) is 39.9 Å². The second kappa shape index (κ2) is 9.26. The van der Waals surface area contributed by atoms with Gasteiger partial charge in [-0.05, 0) is 56.4 Å². The smallest absolute Gasteiger partial charge is 0.330 e. The van der Waals surface area contributed by atoms with Crippen molar-refractivity contribution in [1.29, 1.82) is 5.26 Å². The highest BCUT2D eigenvalue weighted by Gasteiger charge is 2.31. The Labute approximate surface area is 197 Å². The number of carbonyl (C=O) groups is 1. The van der Waals surface area contributed by atoms with E-state index < -0.39 is 11.2 Å². The second-order valence-electron chi connectivity index (χ2n) is 9.33. The van der Waals surface area contributed by atoms with Gasteiger partial charge in [0.15, 0.2) is 5.65 Å². The topological polar surface area (TPSA) is 112 Å². The van der Waals surface area contributed by atoms with E-state index in [1.54, 1.807) is 23.1 Å². The minimum absolute atomic E-state index is 0.153. The van der Waals surface area contributed by atoms with Crippen LogP contribution in [0.2, 0.25) is 0 Å². The second-order valence-corrected chi connectivity index (χ2v) is 9.33. The van der Waals surface area contributed by atoms with Crippen LogP contribution in [0.4, 0.5) is 0 Å². The Kier molecular flexibility index (Phi) is 6.38. The molecule has 8 heteroatoms. The van der Waals surface area contributed by atoms with Gasteiger partial charge in [-0.1, -0.05) is 26.0 Å². The molecule has 8 nitrogen and oxygen atoms in total. The number of fused-ring (bicyclic) bond motifs is 1. The zero-order valence-electron chi connectivity index (χ0n) is 20.0. The first-order chi connectivity index (χ1) is 16.2. The Hall–Kier alpha value is -3.73. The summed E-state index contributed by atoms with van der Waals surface area (Å²) in [4.78, 5) is 48.3. The molecule has 1 aliphatic rings. The fourth-order valence-electron chi connectivity index (χ4n) is 4.35. The van der Waals surface area contributed by atoms with Crippen molar-refractivity contribution in [3.05, 3.63) is 73.6 Å². The van der Waals surface area contributed by atoms with Gasteiger partial charge in [-0.25, -0.2) is 9.78 Å². The highest BCUT2D eigenvalue weighted by molar-refractivity contribution is 6.05. The molecule has 0 radical (unpaired) electrons. The maximum atomic E-state index is 13.9. The summed E-state index contributed by atoms with van der Waals surface area (Å²) in [5.74, 6) is 0.110. The largest absolute Gasteiger partial charge is 0.332 e. The van der Waals surface area contributed by atoms with Crippen LogP contribution >= 0.6 is 0 Å². The fraction of sp³-hybridized carbons (Fsp3) is 0.423. The van der Waals surface area contributed by atoms with Crippen molar-refractivity contribution in [2.75, 3.05) is 6.54 Å². The summed E-state index contributed by atoms with van der Waals surface area (Å²) in [6.07, 6.45) is 1.95. The van der Waals surface area contributed by atoms with Crippen molar-refractivity contribution in [1.82, 2.24) is 19.4 Å². The van der Waals surface area contributed by atoms with Crippen molar-refractivity contribution in [2.24, 2.45) is 5.92 Å². The molecule has 0 saturated heterocycles. The molecule has 1 N–H and O–H groups in total. The van der Waals surface area contributed by atoms with Crippen LogP contribution in [0.1, 0.15) is 79.7 Å². The number of carbonyl (C=O) groups excluding carboxylic acids is 1. The van der Waals surface area contributed by atoms with Gasteiger partial charge in [0.1, 0.15) is 0 Å². The number of aromatic amines is 1.